The zero-order valence-electron chi connectivity index (χ0n) is 7.33. The van der Waals surface area contributed by atoms with Crippen molar-refractivity contribution in [2.45, 2.75) is 13.8 Å². The molecular weight excluding hydrogens is 136 g/mol. The molecule has 0 bridgehead atoms. The highest BCUT2D eigenvalue weighted by Crippen LogP contribution is 2.21. The van der Waals surface area contributed by atoms with E-state index in [1.165, 1.54) is 5.57 Å². The maximum Gasteiger partial charge on any atom is 0.0946 e. The van der Waals surface area contributed by atoms with Crippen LogP contribution in [0.3, 0.4) is 0 Å². The van der Waals surface area contributed by atoms with Crippen molar-refractivity contribution in [2.75, 3.05) is 7.05 Å². The smallest absolute Gasteiger partial charge is 0.0946 e. The summed E-state index contributed by atoms with van der Waals surface area (Å²) in [6, 6.07) is 0. The zero-order valence-corrected chi connectivity index (χ0v) is 7.33. The van der Waals surface area contributed by atoms with Crippen LogP contribution in [0.1, 0.15) is 13.8 Å². The molecule has 0 atom stereocenters. The summed E-state index contributed by atoms with van der Waals surface area (Å²) < 4.78 is 0. The lowest BCUT2D eigenvalue weighted by Crippen LogP contribution is -2.20. The molecule has 1 aliphatic rings. The third-order valence-electron chi connectivity index (χ3n) is 1.83. The fraction of sp³-hybridized carbons (Fsp3) is 0.444. The van der Waals surface area contributed by atoms with Crippen LogP contribution in [0.5, 0.6) is 0 Å². The molecule has 0 aromatic rings. The van der Waals surface area contributed by atoms with Crippen molar-refractivity contribution in [3.05, 3.63) is 24.0 Å². The summed E-state index contributed by atoms with van der Waals surface area (Å²) in [5.41, 5.74) is 2.27. The minimum atomic E-state index is 0.502. The van der Waals surface area contributed by atoms with Gasteiger partial charge in [0.05, 0.1) is 6.34 Å². The number of likely N-dealkylation sites (N-methyl/N-ethyl adjacent to an activating group) is 1. The fourth-order valence-corrected chi connectivity index (χ4v) is 1.04. The van der Waals surface area contributed by atoms with Crippen LogP contribution >= 0.6 is 0 Å². The number of rotatable bonds is 1. The number of hydrogen-bond acceptors (Lipinski definition) is 2. The van der Waals surface area contributed by atoms with Gasteiger partial charge in [0, 0.05) is 18.9 Å². The molecule has 0 aromatic heterocycles. The summed E-state index contributed by atoms with van der Waals surface area (Å²) >= 11 is 0. The van der Waals surface area contributed by atoms with Crippen LogP contribution in [0.4, 0.5) is 0 Å². The molecule has 0 saturated carbocycles. The number of allylic oxidation sites excluding steroid dienone is 1. The molecule has 0 fully saturated rings. The Morgan fingerprint density at radius 2 is 2.18 bits per heavy atom. The number of hydrogen-bond donors (Lipinski definition) is 0. The fourth-order valence-electron chi connectivity index (χ4n) is 1.04. The standard InChI is InChI=1S/C9H14N2/c1-7(2)9-5-10-6-11(4)8(9)3/h5-7H,3H2,1-2,4H3. The lowest BCUT2D eigenvalue weighted by atomic mass is 10.0. The molecule has 0 saturated heterocycles. The van der Waals surface area contributed by atoms with E-state index in [0.29, 0.717) is 5.92 Å². The molecule has 60 valence electrons. The predicted molar refractivity (Wildman–Crippen MR) is 48.3 cm³/mol. The third-order valence-corrected chi connectivity index (χ3v) is 1.83. The van der Waals surface area contributed by atoms with Gasteiger partial charge in [-0.15, -0.1) is 0 Å². The van der Waals surface area contributed by atoms with Gasteiger partial charge >= 0.3 is 0 Å². The predicted octanol–water partition coefficient (Wildman–Crippen LogP) is 2.01. The molecule has 0 aliphatic carbocycles. The second-order valence-corrected chi connectivity index (χ2v) is 3.06. The van der Waals surface area contributed by atoms with E-state index in [-0.39, 0.29) is 0 Å². The highest BCUT2D eigenvalue weighted by atomic mass is 15.1. The van der Waals surface area contributed by atoms with E-state index in [9.17, 15) is 0 Å². The maximum atomic E-state index is 4.09. The minimum Gasteiger partial charge on any atom is -0.336 e. The minimum absolute atomic E-state index is 0.502. The van der Waals surface area contributed by atoms with E-state index in [1.54, 1.807) is 6.34 Å². The summed E-state index contributed by atoms with van der Waals surface area (Å²) in [6.07, 6.45) is 3.65. The van der Waals surface area contributed by atoms with Gasteiger partial charge in [0.2, 0.25) is 0 Å². The highest BCUT2D eigenvalue weighted by molar-refractivity contribution is 5.63. The van der Waals surface area contributed by atoms with Crippen LogP contribution in [-0.4, -0.2) is 18.3 Å². The molecule has 1 aliphatic heterocycles. The second kappa shape index (κ2) is 2.91. The Kier molecular flexibility index (Phi) is 2.13. The molecule has 0 unspecified atom stereocenters. The molecule has 0 N–H and O–H groups in total. The maximum absolute atomic E-state index is 4.09. The second-order valence-electron chi connectivity index (χ2n) is 3.06. The van der Waals surface area contributed by atoms with Crippen molar-refractivity contribution in [2.24, 2.45) is 10.9 Å². The van der Waals surface area contributed by atoms with Gasteiger partial charge in [0.25, 0.3) is 0 Å². The number of nitrogens with zero attached hydrogens (tertiary/aromatic N) is 2. The molecule has 1 rings (SSSR count). The quantitative estimate of drug-likeness (QED) is 0.558. The van der Waals surface area contributed by atoms with E-state index >= 15 is 0 Å². The van der Waals surface area contributed by atoms with Crippen molar-refractivity contribution < 1.29 is 0 Å². The van der Waals surface area contributed by atoms with E-state index in [2.05, 4.69) is 25.4 Å². The molecule has 2 nitrogen and oxygen atoms in total. The van der Waals surface area contributed by atoms with Crippen LogP contribution < -0.4 is 0 Å². The van der Waals surface area contributed by atoms with Crippen molar-refractivity contribution >= 4 is 6.34 Å². The van der Waals surface area contributed by atoms with Gasteiger partial charge in [0.15, 0.2) is 0 Å². The summed E-state index contributed by atoms with van der Waals surface area (Å²) in [5, 5.41) is 0. The van der Waals surface area contributed by atoms with Crippen LogP contribution in [0.2, 0.25) is 0 Å². The Hall–Kier alpha value is -1.05. The largest absolute Gasteiger partial charge is 0.336 e. The highest BCUT2D eigenvalue weighted by Gasteiger charge is 2.12. The van der Waals surface area contributed by atoms with E-state index in [1.807, 2.05) is 18.1 Å². The molecule has 1 heterocycles. The van der Waals surface area contributed by atoms with Gasteiger partial charge in [-0.1, -0.05) is 20.4 Å². The Bertz CT molecular complexity index is 224. The van der Waals surface area contributed by atoms with Crippen LogP contribution in [0.25, 0.3) is 0 Å². The summed E-state index contributed by atoms with van der Waals surface area (Å²) in [6.45, 7) is 8.25. The Morgan fingerprint density at radius 3 is 2.64 bits per heavy atom. The van der Waals surface area contributed by atoms with Gasteiger partial charge in [-0.05, 0) is 11.5 Å². The molecule has 2 heteroatoms. The van der Waals surface area contributed by atoms with Gasteiger partial charge < -0.3 is 4.90 Å². The topological polar surface area (TPSA) is 15.6 Å². The van der Waals surface area contributed by atoms with E-state index < -0.39 is 0 Å². The van der Waals surface area contributed by atoms with Gasteiger partial charge in [0.1, 0.15) is 0 Å². The van der Waals surface area contributed by atoms with Gasteiger partial charge in [-0.25, -0.2) is 4.99 Å². The molecule has 0 aromatic carbocycles. The molecule has 0 spiro atoms. The van der Waals surface area contributed by atoms with Crippen molar-refractivity contribution in [3.8, 4) is 0 Å². The number of aliphatic imine (C=N–C) groups is 1. The average Bonchev–Trinajstić information content (AvgIpc) is 1.94. The summed E-state index contributed by atoms with van der Waals surface area (Å²) in [5.74, 6) is 0.502. The lowest BCUT2D eigenvalue weighted by Gasteiger charge is -2.23. The first kappa shape index (κ1) is 8.05. The third kappa shape index (κ3) is 1.50. The lowest BCUT2D eigenvalue weighted by molar-refractivity contribution is 0.609. The normalized spacial score (nSPS) is 17.6. The van der Waals surface area contributed by atoms with Crippen LogP contribution in [-0.2, 0) is 0 Å². The first-order chi connectivity index (χ1) is 5.13. The van der Waals surface area contributed by atoms with Crippen LogP contribution in [0.15, 0.2) is 29.0 Å². The first-order valence-corrected chi connectivity index (χ1v) is 3.78. The van der Waals surface area contributed by atoms with Gasteiger partial charge in [-0.2, -0.15) is 0 Å². The Morgan fingerprint density at radius 1 is 1.55 bits per heavy atom. The monoisotopic (exact) mass is 150 g/mol. The van der Waals surface area contributed by atoms with Gasteiger partial charge in [-0.3, -0.25) is 0 Å². The van der Waals surface area contributed by atoms with Crippen molar-refractivity contribution in [3.63, 3.8) is 0 Å². The Balaban J connectivity index is 2.87. The average molecular weight is 150 g/mol. The molecule has 0 amide bonds. The van der Waals surface area contributed by atoms with Crippen LogP contribution in [0, 0.1) is 5.92 Å². The molecular formula is C9H14N2. The zero-order chi connectivity index (χ0) is 8.43. The van der Waals surface area contributed by atoms with Crippen molar-refractivity contribution in [1.29, 1.82) is 0 Å². The van der Waals surface area contributed by atoms with E-state index in [4.69, 9.17) is 0 Å². The Labute approximate surface area is 67.9 Å². The molecule has 0 radical (unpaired) electrons. The van der Waals surface area contributed by atoms with E-state index in [0.717, 1.165) is 5.70 Å². The SMILES string of the molecule is C=C1C(C(C)C)=CN=CN1C. The van der Waals surface area contributed by atoms with Crippen molar-refractivity contribution in [1.82, 2.24) is 4.90 Å². The molecule has 11 heavy (non-hydrogen) atoms. The first-order valence-electron chi connectivity index (χ1n) is 3.78. The summed E-state index contributed by atoms with van der Waals surface area (Å²) in [7, 11) is 1.96. The summed E-state index contributed by atoms with van der Waals surface area (Å²) in [4.78, 5) is 6.03.